The summed E-state index contributed by atoms with van der Waals surface area (Å²) >= 11 is 0. The molecule has 1 unspecified atom stereocenters. The van der Waals surface area contributed by atoms with Crippen molar-refractivity contribution in [2.75, 3.05) is 26.2 Å². The average Bonchev–Trinajstić information content (AvgIpc) is 2.33. The Bertz CT molecular complexity index is 217. The summed E-state index contributed by atoms with van der Waals surface area (Å²) in [5.74, 6) is -0.721. The number of hydrogen-bond donors (Lipinski definition) is 2. The lowest BCUT2D eigenvalue weighted by Crippen LogP contribution is -2.53. The summed E-state index contributed by atoms with van der Waals surface area (Å²) in [6.45, 7) is 11.9. The second kappa shape index (κ2) is 8.48. The SMILES string of the molecule is CCCC(CC)(NCCN(CC)CC)C(=O)O. The molecule has 0 aromatic rings. The van der Waals surface area contributed by atoms with Gasteiger partial charge in [-0.15, -0.1) is 0 Å². The van der Waals surface area contributed by atoms with Crippen LogP contribution in [0.15, 0.2) is 0 Å². The molecule has 0 saturated carbocycles. The largest absolute Gasteiger partial charge is 0.480 e. The van der Waals surface area contributed by atoms with E-state index in [4.69, 9.17) is 0 Å². The number of carboxylic acids is 1. The van der Waals surface area contributed by atoms with Crippen LogP contribution in [-0.4, -0.2) is 47.7 Å². The minimum Gasteiger partial charge on any atom is -0.480 e. The molecule has 0 radical (unpaired) electrons. The molecule has 1 atom stereocenters. The molecule has 0 rings (SSSR count). The highest BCUT2D eigenvalue weighted by Gasteiger charge is 2.34. The van der Waals surface area contributed by atoms with E-state index in [9.17, 15) is 9.90 Å². The lowest BCUT2D eigenvalue weighted by atomic mass is 9.90. The number of nitrogens with zero attached hydrogens (tertiary/aromatic N) is 1. The fourth-order valence-electron chi connectivity index (χ4n) is 2.14. The van der Waals surface area contributed by atoms with Crippen LogP contribution in [0.1, 0.15) is 47.0 Å². The number of likely N-dealkylation sites (N-methyl/N-ethyl adjacent to an activating group) is 1. The van der Waals surface area contributed by atoms with Crippen LogP contribution in [0.3, 0.4) is 0 Å². The number of aliphatic carboxylic acids is 1. The van der Waals surface area contributed by atoms with Crippen LogP contribution in [0.25, 0.3) is 0 Å². The van der Waals surface area contributed by atoms with Gasteiger partial charge in [0.05, 0.1) is 0 Å². The van der Waals surface area contributed by atoms with Gasteiger partial charge >= 0.3 is 5.97 Å². The first-order chi connectivity index (χ1) is 8.06. The van der Waals surface area contributed by atoms with E-state index < -0.39 is 11.5 Å². The molecule has 0 aliphatic heterocycles. The highest BCUT2D eigenvalue weighted by Crippen LogP contribution is 2.17. The highest BCUT2D eigenvalue weighted by molar-refractivity contribution is 5.78. The maximum Gasteiger partial charge on any atom is 0.323 e. The topological polar surface area (TPSA) is 52.6 Å². The van der Waals surface area contributed by atoms with Gasteiger partial charge < -0.3 is 15.3 Å². The van der Waals surface area contributed by atoms with Gasteiger partial charge in [0.2, 0.25) is 0 Å². The third-order valence-corrected chi connectivity index (χ3v) is 3.48. The van der Waals surface area contributed by atoms with E-state index in [-0.39, 0.29) is 0 Å². The number of nitrogens with one attached hydrogen (secondary N) is 1. The standard InChI is InChI=1S/C13H28N2O2/c1-5-9-13(6-2,12(16)17)14-10-11-15(7-3)8-4/h14H,5-11H2,1-4H3,(H,16,17). The van der Waals surface area contributed by atoms with Gasteiger partial charge in [-0.25, -0.2) is 0 Å². The molecule has 0 spiro atoms. The third-order valence-electron chi connectivity index (χ3n) is 3.48. The second-order valence-corrected chi connectivity index (χ2v) is 4.44. The monoisotopic (exact) mass is 244 g/mol. The Morgan fingerprint density at radius 1 is 1.24 bits per heavy atom. The number of rotatable bonds is 10. The molecule has 0 fully saturated rings. The molecule has 4 heteroatoms. The van der Waals surface area contributed by atoms with Crippen molar-refractivity contribution < 1.29 is 9.90 Å². The van der Waals surface area contributed by atoms with Crippen molar-refractivity contribution in [2.24, 2.45) is 0 Å². The minimum atomic E-state index is -0.734. The first-order valence-corrected chi connectivity index (χ1v) is 6.77. The van der Waals surface area contributed by atoms with Crippen molar-refractivity contribution in [2.45, 2.75) is 52.5 Å². The molecule has 0 heterocycles. The number of hydrogen-bond acceptors (Lipinski definition) is 3. The minimum absolute atomic E-state index is 0.633. The predicted octanol–water partition coefficient (Wildman–Crippen LogP) is 1.95. The summed E-state index contributed by atoms with van der Waals surface area (Å²) in [6.07, 6.45) is 2.21. The first kappa shape index (κ1) is 16.4. The first-order valence-electron chi connectivity index (χ1n) is 6.77. The predicted molar refractivity (Wildman–Crippen MR) is 71.4 cm³/mol. The van der Waals surface area contributed by atoms with Crippen molar-refractivity contribution in [1.82, 2.24) is 10.2 Å². The van der Waals surface area contributed by atoms with E-state index >= 15 is 0 Å². The van der Waals surface area contributed by atoms with Crippen LogP contribution >= 0.6 is 0 Å². The van der Waals surface area contributed by atoms with Crippen LogP contribution in [0.4, 0.5) is 0 Å². The highest BCUT2D eigenvalue weighted by atomic mass is 16.4. The quantitative estimate of drug-likeness (QED) is 0.617. The zero-order chi connectivity index (χ0) is 13.3. The molecular weight excluding hydrogens is 216 g/mol. The van der Waals surface area contributed by atoms with Gasteiger partial charge in [-0.3, -0.25) is 4.79 Å². The summed E-state index contributed by atoms with van der Waals surface area (Å²) in [5, 5.41) is 12.6. The maximum absolute atomic E-state index is 11.4. The van der Waals surface area contributed by atoms with Crippen molar-refractivity contribution >= 4 is 5.97 Å². The summed E-state index contributed by atoms with van der Waals surface area (Å²) in [5.41, 5.74) is -0.734. The fraction of sp³-hybridized carbons (Fsp3) is 0.923. The molecule has 0 saturated heterocycles. The average molecular weight is 244 g/mol. The van der Waals surface area contributed by atoms with Crippen LogP contribution in [0, 0.1) is 0 Å². The van der Waals surface area contributed by atoms with Crippen molar-refractivity contribution in [3.05, 3.63) is 0 Å². The summed E-state index contributed by atoms with van der Waals surface area (Å²) in [7, 11) is 0. The van der Waals surface area contributed by atoms with Gasteiger partial charge in [0.1, 0.15) is 5.54 Å². The Hall–Kier alpha value is -0.610. The molecule has 0 aliphatic carbocycles. The van der Waals surface area contributed by atoms with E-state index in [0.29, 0.717) is 12.8 Å². The Balaban J connectivity index is 4.30. The van der Waals surface area contributed by atoms with Crippen molar-refractivity contribution in [3.63, 3.8) is 0 Å². The smallest absolute Gasteiger partial charge is 0.323 e. The fourth-order valence-corrected chi connectivity index (χ4v) is 2.14. The van der Waals surface area contributed by atoms with Gasteiger partial charge in [0.25, 0.3) is 0 Å². The molecule has 0 bridgehead atoms. The second-order valence-electron chi connectivity index (χ2n) is 4.44. The summed E-state index contributed by atoms with van der Waals surface area (Å²) in [6, 6.07) is 0. The van der Waals surface area contributed by atoms with Gasteiger partial charge in [-0.05, 0) is 25.9 Å². The van der Waals surface area contributed by atoms with Crippen molar-refractivity contribution in [3.8, 4) is 0 Å². The molecular formula is C13H28N2O2. The van der Waals surface area contributed by atoms with Gasteiger partial charge in [0, 0.05) is 13.1 Å². The normalized spacial score (nSPS) is 14.9. The van der Waals surface area contributed by atoms with E-state index in [2.05, 4.69) is 24.1 Å². The molecule has 4 nitrogen and oxygen atoms in total. The van der Waals surface area contributed by atoms with Gasteiger partial charge in [0.15, 0.2) is 0 Å². The molecule has 0 aliphatic rings. The van der Waals surface area contributed by atoms with Crippen LogP contribution in [0.5, 0.6) is 0 Å². The van der Waals surface area contributed by atoms with Crippen LogP contribution in [-0.2, 0) is 4.79 Å². The lowest BCUT2D eigenvalue weighted by molar-refractivity contribution is -0.145. The molecule has 0 aromatic heterocycles. The Morgan fingerprint density at radius 3 is 2.18 bits per heavy atom. The number of carboxylic acid groups (broad SMARTS) is 1. The van der Waals surface area contributed by atoms with Gasteiger partial charge in [-0.1, -0.05) is 34.1 Å². The Kier molecular flexibility index (Phi) is 8.17. The zero-order valence-electron chi connectivity index (χ0n) is 11.8. The zero-order valence-corrected chi connectivity index (χ0v) is 11.8. The lowest BCUT2D eigenvalue weighted by Gasteiger charge is -2.30. The van der Waals surface area contributed by atoms with E-state index in [1.807, 2.05) is 13.8 Å². The molecule has 0 aromatic carbocycles. The van der Waals surface area contributed by atoms with E-state index in [1.54, 1.807) is 0 Å². The maximum atomic E-state index is 11.4. The van der Waals surface area contributed by atoms with Gasteiger partial charge in [-0.2, -0.15) is 0 Å². The van der Waals surface area contributed by atoms with E-state index in [1.165, 1.54) is 0 Å². The Morgan fingerprint density at radius 2 is 1.82 bits per heavy atom. The molecule has 102 valence electrons. The van der Waals surface area contributed by atoms with Crippen molar-refractivity contribution in [1.29, 1.82) is 0 Å². The molecule has 0 amide bonds. The molecule has 17 heavy (non-hydrogen) atoms. The number of carbonyl (C=O) groups is 1. The summed E-state index contributed by atoms with van der Waals surface area (Å²) in [4.78, 5) is 13.7. The van der Waals surface area contributed by atoms with Crippen LogP contribution < -0.4 is 5.32 Å². The Labute approximate surface area is 105 Å². The van der Waals surface area contributed by atoms with E-state index in [0.717, 1.165) is 32.6 Å². The molecule has 2 N–H and O–H groups in total. The summed E-state index contributed by atoms with van der Waals surface area (Å²) < 4.78 is 0. The third kappa shape index (κ3) is 5.04. The van der Waals surface area contributed by atoms with Crippen LogP contribution in [0.2, 0.25) is 0 Å².